The Morgan fingerprint density at radius 3 is 2.81 bits per heavy atom. The predicted octanol–water partition coefficient (Wildman–Crippen LogP) is 4.46. The highest BCUT2D eigenvalue weighted by Crippen LogP contribution is 2.38. The Morgan fingerprint density at radius 2 is 2.19 bits per heavy atom. The minimum Gasteiger partial charge on any atom is -0.309 e. The molecule has 2 nitrogen and oxygen atoms in total. The van der Waals surface area contributed by atoms with Crippen LogP contribution >= 0.6 is 27.5 Å². The van der Waals surface area contributed by atoms with Gasteiger partial charge in [0, 0.05) is 40.7 Å². The Morgan fingerprint density at radius 1 is 1.43 bits per heavy atom. The van der Waals surface area contributed by atoms with Crippen LogP contribution in [0.3, 0.4) is 0 Å². The molecular weight excluding hydrogens is 348 g/mol. The first kappa shape index (κ1) is 15.8. The van der Waals surface area contributed by atoms with E-state index in [2.05, 4.69) is 52.1 Å². The van der Waals surface area contributed by atoms with E-state index in [1.54, 1.807) is 0 Å². The van der Waals surface area contributed by atoms with E-state index in [4.69, 9.17) is 11.6 Å². The molecule has 4 heteroatoms. The average Bonchev–Trinajstić information content (AvgIpc) is 3.27. The maximum Gasteiger partial charge on any atom is 0.0462 e. The van der Waals surface area contributed by atoms with Gasteiger partial charge in [-0.05, 0) is 49.8 Å². The Bertz CT molecular complexity index is 518. The quantitative estimate of drug-likeness (QED) is 0.841. The van der Waals surface area contributed by atoms with Crippen LogP contribution in [0.1, 0.15) is 38.7 Å². The molecule has 1 aliphatic heterocycles. The number of halogens is 2. The van der Waals surface area contributed by atoms with Crippen LogP contribution in [0.15, 0.2) is 22.7 Å². The normalized spacial score (nSPS) is 30.6. The largest absolute Gasteiger partial charge is 0.309 e. The van der Waals surface area contributed by atoms with Gasteiger partial charge >= 0.3 is 0 Å². The molecule has 21 heavy (non-hydrogen) atoms. The monoisotopic (exact) mass is 370 g/mol. The fourth-order valence-corrected chi connectivity index (χ4v) is 4.06. The lowest BCUT2D eigenvalue weighted by atomic mass is 9.91. The van der Waals surface area contributed by atoms with Crippen molar-refractivity contribution in [2.45, 2.75) is 51.2 Å². The lowest BCUT2D eigenvalue weighted by Crippen LogP contribution is -2.62. The van der Waals surface area contributed by atoms with Crippen molar-refractivity contribution in [2.75, 3.05) is 13.1 Å². The summed E-state index contributed by atoms with van der Waals surface area (Å²) in [5.74, 6) is 0.883. The van der Waals surface area contributed by atoms with Gasteiger partial charge in [0.05, 0.1) is 0 Å². The summed E-state index contributed by atoms with van der Waals surface area (Å²) < 4.78 is 1.05. The number of nitrogens with one attached hydrogen (secondary N) is 1. The van der Waals surface area contributed by atoms with Crippen LogP contribution in [0.4, 0.5) is 0 Å². The summed E-state index contributed by atoms with van der Waals surface area (Å²) in [5, 5.41) is 4.64. The summed E-state index contributed by atoms with van der Waals surface area (Å²) in [5.41, 5.74) is 1.47. The highest BCUT2D eigenvalue weighted by atomic mass is 79.9. The molecule has 1 heterocycles. The lowest BCUT2D eigenvalue weighted by Gasteiger charge is -2.46. The van der Waals surface area contributed by atoms with Crippen LogP contribution < -0.4 is 5.32 Å². The van der Waals surface area contributed by atoms with Crippen molar-refractivity contribution in [3.05, 3.63) is 33.3 Å². The summed E-state index contributed by atoms with van der Waals surface area (Å²) in [6, 6.07) is 6.92. The van der Waals surface area contributed by atoms with E-state index in [0.717, 1.165) is 41.5 Å². The Labute approximate surface area is 141 Å². The Kier molecular flexibility index (Phi) is 4.66. The zero-order chi connectivity index (χ0) is 15.0. The van der Waals surface area contributed by atoms with Crippen molar-refractivity contribution in [2.24, 2.45) is 5.92 Å². The molecule has 1 N–H and O–H groups in total. The fraction of sp³-hybridized carbons (Fsp3) is 0.647. The summed E-state index contributed by atoms with van der Waals surface area (Å²) in [6.07, 6.45) is 3.94. The van der Waals surface area contributed by atoms with Gasteiger partial charge in [0.25, 0.3) is 0 Å². The van der Waals surface area contributed by atoms with E-state index in [-0.39, 0.29) is 5.54 Å². The van der Waals surface area contributed by atoms with E-state index in [9.17, 15) is 0 Å². The zero-order valence-electron chi connectivity index (χ0n) is 12.8. The van der Waals surface area contributed by atoms with Crippen LogP contribution in [-0.2, 0) is 6.54 Å². The first-order valence-electron chi connectivity index (χ1n) is 7.94. The van der Waals surface area contributed by atoms with E-state index in [1.165, 1.54) is 18.4 Å². The van der Waals surface area contributed by atoms with Crippen LogP contribution in [-0.4, -0.2) is 29.6 Å². The molecule has 2 fully saturated rings. The molecule has 1 saturated heterocycles. The summed E-state index contributed by atoms with van der Waals surface area (Å²) >= 11 is 9.91. The molecule has 2 aliphatic rings. The third-order valence-corrected chi connectivity index (χ3v) is 5.94. The van der Waals surface area contributed by atoms with Crippen molar-refractivity contribution in [3.63, 3.8) is 0 Å². The van der Waals surface area contributed by atoms with Crippen molar-refractivity contribution in [1.82, 2.24) is 10.2 Å². The smallest absolute Gasteiger partial charge is 0.0462 e. The van der Waals surface area contributed by atoms with E-state index >= 15 is 0 Å². The molecule has 2 atom stereocenters. The zero-order valence-corrected chi connectivity index (χ0v) is 15.2. The molecule has 0 spiro atoms. The van der Waals surface area contributed by atoms with Gasteiger partial charge in [-0.15, -0.1) is 0 Å². The van der Waals surface area contributed by atoms with Crippen LogP contribution in [0.25, 0.3) is 0 Å². The lowest BCUT2D eigenvalue weighted by molar-refractivity contribution is 0.0662. The van der Waals surface area contributed by atoms with E-state index in [0.29, 0.717) is 6.04 Å². The van der Waals surface area contributed by atoms with E-state index in [1.807, 2.05) is 6.07 Å². The van der Waals surface area contributed by atoms with Gasteiger partial charge in [-0.3, -0.25) is 4.90 Å². The molecule has 0 bridgehead atoms. The maximum absolute atomic E-state index is 6.42. The third kappa shape index (κ3) is 3.64. The van der Waals surface area contributed by atoms with Gasteiger partial charge in [-0.2, -0.15) is 0 Å². The van der Waals surface area contributed by atoms with Crippen LogP contribution in [0.5, 0.6) is 0 Å². The average molecular weight is 372 g/mol. The summed E-state index contributed by atoms with van der Waals surface area (Å²) in [4.78, 5) is 2.66. The number of hydrogen-bond acceptors (Lipinski definition) is 2. The minimum atomic E-state index is 0.229. The Balaban J connectivity index is 1.78. The molecule has 1 aromatic carbocycles. The molecule has 1 saturated carbocycles. The van der Waals surface area contributed by atoms with Gasteiger partial charge in [0.1, 0.15) is 0 Å². The molecule has 116 valence electrons. The van der Waals surface area contributed by atoms with Crippen molar-refractivity contribution >= 4 is 27.5 Å². The highest BCUT2D eigenvalue weighted by Gasteiger charge is 2.41. The minimum absolute atomic E-state index is 0.229. The second kappa shape index (κ2) is 6.19. The van der Waals surface area contributed by atoms with Crippen molar-refractivity contribution in [1.29, 1.82) is 0 Å². The molecule has 0 radical (unpaired) electrons. The first-order chi connectivity index (χ1) is 10.0. The predicted molar refractivity (Wildman–Crippen MR) is 92.8 cm³/mol. The molecule has 0 amide bonds. The molecule has 0 aromatic heterocycles. The second-order valence-electron chi connectivity index (χ2n) is 6.84. The summed E-state index contributed by atoms with van der Waals surface area (Å²) in [6.45, 7) is 7.80. The van der Waals surface area contributed by atoms with Gasteiger partial charge in [0.15, 0.2) is 0 Å². The second-order valence-corrected chi connectivity index (χ2v) is 8.16. The van der Waals surface area contributed by atoms with Gasteiger partial charge in [0.2, 0.25) is 0 Å². The van der Waals surface area contributed by atoms with Gasteiger partial charge < -0.3 is 5.32 Å². The summed E-state index contributed by atoms with van der Waals surface area (Å²) in [7, 11) is 0. The molecule has 1 aliphatic carbocycles. The highest BCUT2D eigenvalue weighted by molar-refractivity contribution is 9.10. The van der Waals surface area contributed by atoms with Gasteiger partial charge in [-0.1, -0.05) is 40.5 Å². The SMILES string of the molecule is CCC1(C)CN(Cc2ccc(Br)cc2Cl)C(C2CC2)CN1. The molecule has 1 aromatic rings. The fourth-order valence-electron chi connectivity index (χ4n) is 3.33. The first-order valence-corrected chi connectivity index (χ1v) is 9.11. The van der Waals surface area contributed by atoms with E-state index < -0.39 is 0 Å². The molecule has 3 rings (SSSR count). The maximum atomic E-state index is 6.42. The van der Waals surface area contributed by atoms with Crippen LogP contribution in [0.2, 0.25) is 5.02 Å². The van der Waals surface area contributed by atoms with Gasteiger partial charge in [-0.25, -0.2) is 0 Å². The number of benzene rings is 1. The topological polar surface area (TPSA) is 15.3 Å². The van der Waals surface area contributed by atoms with Crippen molar-refractivity contribution < 1.29 is 0 Å². The number of hydrogen-bond donors (Lipinski definition) is 1. The number of rotatable bonds is 4. The number of nitrogens with zero attached hydrogens (tertiary/aromatic N) is 1. The molecule has 2 unspecified atom stereocenters. The Hall–Kier alpha value is -0.0900. The molecular formula is C17H24BrClN2. The standard InChI is InChI=1S/C17H24BrClN2/c1-3-17(2)11-21(16(9-20-17)12-4-5-12)10-13-6-7-14(18)8-15(13)19/h6-8,12,16,20H,3-5,9-11H2,1-2H3. The van der Waals surface area contributed by atoms with Crippen molar-refractivity contribution in [3.8, 4) is 0 Å². The van der Waals surface area contributed by atoms with Crippen LogP contribution in [0, 0.1) is 5.92 Å². The third-order valence-electron chi connectivity index (χ3n) is 5.09. The number of piperazine rings is 1.